The number of nitrogens with zero attached hydrogens (tertiary/aromatic N) is 4. The Labute approximate surface area is 202 Å². The molecule has 33 heavy (non-hydrogen) atoms. The average molecular weight is 509 g/mol. The van der Waals surface area contributed by atoms with Crippen molar-refractivity contribution in [2.45, 2.75) is 24.3 Å². The summed E-state index contributed by atoms with van der Waals surface area (Å²) in [7, 11) is -2.07. The lowest BCUT2D eigenvalue weighted by atomic mass is 9.98. The van der Waals surface area contributed by atoms with E-state index >= 15 is 0 Å². The molecule has 0 N–H and O–H groups in total. The molecule has 174 valence electrons. The molecule has 0 bridgehead atoms. The molecule has 0 saturated carbocycles. The highest BCUT2D eigenvalue weighted by atomic mass is 35.5. The first-order valence-corrected chi connectivity index (χ1v) is 12.5. The number of hydrogen-bond donors (Lipinski definition) is 0. The second-order valence-electron chi connectivity index (χ2n) is 7.87. The Morgan fingerprint density at radius 3 is 2.42 bits per heavy atom. The zero-order valence-electron chi connectivity index (χ0n) is 17.8. The summed E-state index contributed by atoms with van der Waals surface area (Å²) in [5, 5.41) is 5.03. The second kappa shape index (κ2) is 9.80. The molecule has 4 rings (SSSR count). The fourth-order valence-electron chi connectivity index (χ4n) is 3.75. The van der Waals surface area contributed by atoms with Crippen molar-refractivity contribution in [1.29, 1.82) is 0 Å². The molecule has 1 atom stereocenters. The third-order valence-corrected chi connectivity index (χ3v) is 7.89. The summed E-state index contributed by atoms with van der Waals surface area (Å²) < 4.78 is 32.7. The Hall–Kier alpha value is -2.46. The summed E-state index contributed by atoms with van der Waals surface area (Å²) in [5.41, 5.74) is 0.749. The van der Waals surface area contributed by atoms with Crippen molar-refractivity contribution in [2.75, 3.05) is 20.1 Å². The topological polar surface area (TPSA) is 96.6 Å². The van der Waals surface area contributed by atoms with Crippen LogP contribution < -0.4 is 0 Å². The van der Waals surface area contributed by atoms with Gasteiger partial charge in [0.15, 0.2) is 0 Å². The Bertz CT molecular complexity index is 1230. The van der Waals surface area contributed by atoms with E-state index in [0.717, 1.165) is 5.56 Å². The van der Waals surface area contributed by atoms with E-state index in [4.69, 9.17) is 27.7 Å². The van der Waals surface area contributed by atoms with E-state index < -0.39 is 15.9 Å². The van der Waals surface area contributed by atoms with Crippen LogP contribution in [0.5, 0.6) is 0 Å². The predicted octanol–water partition coefficient (Wildman–Crippen LogP) is 4.10. The number of halogens is 2. The second-order valence-corrected chi connectivity index (χ2v) is 10.7. The van der Waals surface area contributed by atoms with Crippen LogP contribution in [0, 0.1) is 5.92 Å². The fraction of sp³-hybridized carbons (Fsp3) is 0.318. The van der Waals surface area contributed by atoms with Crippen LogP contribution in [-0.4, -0.2) is 53.8 Å². The van der Waals surface area contributed by atoms with Crippen molar-refractivity contribution >= 4 is 39.1 Å². The summed E-state index contributed by atoms with van der Waals surface area (Å²) >= 11 is 11.8. The molecule has 8 nitrogen and oxygen atoms in total. The summed E-state index contributed by atoms with van der Waals surface area (Å²) in [6.07, 6.45) is 1.20. The number of hydrogen-bond acceptors (Lipinski definition) is 6. The van der Waals surface area contributed by atoms with Crippen LogP contribution in [0.1, 0.15) is 18.7 Å². The van der Waals surface area contributed by atoms with Crippen LogP contribution in [0.2, 0.25) is 10.0 Å². The third kappa shape index (κ3) is 5.38. The first-order valence-electron chi connectivity index (χ1n) is 10.3. The van der Waals surface area contributed by atoms with Gasteiger partial charge in [0.05, 0.1) is 17.4 Å². The van der Waals surface area contributed by atoms with Gasteiger partial charge in [0.25, 0.3) is 0 Å². The van der Waals surface area contributed by atoms with E-state index in [9.17, 15) is 13.2 Å². The molecule has 11 heteroatoms. The quantitative estimate of drug-likeness (QED) is 0.497. The van der Waals surface area contributed by atoms with Gasteiger partial charge < -0.3 is 9.42 Å². The van der Waals surface area contributed by atoms with Crippen molar-refractivity contribution in [1.82, 2.24) is 19.3 Å². The average Bonchev–Trinajstić information content (AvgIpc) is 3.27. The smallest absolute Gasteiger partial charge is 0.246 e. The highest BCUT2D eigenvalue weighted by molar-refractivity contribution is 7.89. The summed E-state index contributed by atoms with van der Waals surface area (Å²) in [4.78, 5) is 19.0. The molecule has 1 aromatic heterocycles. The molecule has 0 spiro atoms. The Kier molecular flexibility index (Phi) is 7.04. The zero-order valence-corrected chi connectivity index (χ0v) is 20.1. The number of amides is 1. The molecular formula is C22H22Cl2N4O4S. The normalized spacial score (nSPS) is 17.1. The minimum Gasteiger partial charge on any atom is -0.337 e. The van der Waals surface area contributed by atoms with Crippen LogP contribution in [0.3, 0.4) is 0 Å². The number of piperidine rings is 1. The van der Waals surface area contributed by atoms with E-state index in [0.29, 0.717) is 35.3 Å². The largest absolute Gasteiger partial charge is 0.337 e. The number of benzene rings is 2. The number of aromatic nitrogens is 2. The first kappa shape index (κ1) is 23.7. The van der Waals surface area contributed by atoms with Gasteiger partial charge in [-0.15, -0.1) is 0 Å². The lowest BCUT2D eigenvalue weighted by molar-refractivity contribution is -0.136. The molecule has 0 unspecified atom stereocenters. The van der Waals surface area contributed by atoms with E-state index in [1.54, 1.807) is 31.3 Å². The highest BCUT2D eigenvalue weighted by Crippen LogP contribution is 2.26. The standard InChI is InChI=1S/C22H22Cl2N4O4S/c1-27(14-20-25-21(26-32-20)15-4-6-17(23)7-5-15)22(29)16-3-2-12-28(13-16)33(30,31)19-10-8-18(24)9-11-19/h4-11,16H,2-3,12-14H2,1H3/t16-/m0/s1. The van der Waals surface area contributed by atoms with Gasteiger partial charge in [0, 0.05) is 35.7 Å². The van der Waals surface area contributed by atoms with Crippen LogP contribution in [0.15, 0.2) is 57.9 Å². The van der Waals surface area contributed by atoms with Crippen molar-refractivity contribution in [3.63, 3.8) is 0 Å². The molecular weight excluding hydrogens is 487 g/mol. The molecule has 1 saturated heterocycles. The molecule has 0 aliphatic carbocycles. The molecule has 2 aromatic carbocycles. The van der Waals surface area contributed by atoms with Crippen molar-refractivity contribution in [3.05, 3.63) is 64.5 Å². The summed E-state index contributed by atoms with van der Waals surface area (Å²) in [6, 6.07) is 13.1. The fourth-order valence-corrected chi connectivity index (χ4v) is 5.52. The van der Waals surface area contributed by atoms with Crippen molar-refractivity contribution < 1.29 is 17.7 Å². The molecule has 1 aliphatic heterocycles. The van der Waals surface area contributed by atoms with Crippen molar-refractivity contribution in [2.24, 2.45) is 5.92 Å². The molecule has 1 amide bonds. The van der Waals surface area contributed by atoms with Crippen LogP contribution in [0.25, 0.3) is 11.4 Å². The monoisotopic (exact) mass is 508 g/mol. The van der Waals surface area contributed by atoms with Gasteiger partial charge in [-0.3, -0.25) is 4.79 Å². The lowest BCUT2D eigenvalue weighted by Crippen LogP contribution is -2.45. The van der Waals surface area contributed by atoms with Gasteiger partial charge in [0.1, 0.15) is 0 Å². The van der Waals surface area contributed by atoms with Gasteiger partial charge in [-0.05, 0) is 61.4 Å². The van der Waals surface area contributed by atoms with E-state index in [1.807, 2.05) is 0 Å². The number of sulfonamides is 1. The maximum atomic E-state index is 13.1. The van der Waals surface area contributed by atoms with Gasteiger partial charge in [-0.25, -0.2) is 8.42 Å². The van der Waals surface area contributed by atoms with E-state index in [-0.39, 0.29) is 29.8 Å². The molecule has 0 radical (unpaired) electrons. The molecule has 2 heterocycles. The lowest BCUT2D eigenvalue weighted by Gasteiger charge is -2.33. The maximum absolute atomic E-state index is 13.1. The number of carbonyl (C=O) groups excluding carboxylic acids is 1. The SMILES string of the molecule is CN(Cc1nc(-c2ccc(Cl)cc2)no1)C(=O)[C@H]1CCCN(S(=O)(=O)c2ccc(Cl)cc2)C1. The molecule has 1 aliphatic rings. The van der Waals surface area contributed by atoms with E-state index in [2.05, 4.69) is 10.1 Å². The third-order valence-electron chi connectivity index (χ3n) is 5.50. The van der Waals surface area contributed by atoms with Gasteiger partial charge >= 0.3 is 0 Å². The number of rotatable bonds is 6. The van der Waals surface area contributed by atoms with Crippen LogP contribution in [0.4, 0.5) is 0 Å². The van der Waals surface area contributed by atoms with Crippen LogP contribution in [-0.2, 0) is 21.4 Å². The minimum atomic E-state index is -3.71. The first-order chi connectivity index (χ1) is 15.7. The maximum Gasteiger partial charge on any atom is 0.246 e. The van der Waals surface area contributed by atoms with E-state index in [1.165, 1.54) is 33.5 Å². The molecule has 3 aromatic rings. The summed E-state index contributed by atoms with van der Waals surface area (Å²) in [5.74, 6) is 0.0689. The minimum absolute atomic E-state index is 0.119. The highest BCUT2D eigenvalue weighted by Gasteiger charge is 2.34. The summed E-state index contributed by atoms with van der Waals surface area (Å²) in [6.45, 7) is 0.612. The van der Waals surface area contributed by atoms with Crippen LogP contribution >= 0.6 is 23.2 Å². The van der Waals surface area contributed by atoms with Gasteiger partial charge in [-0.1, -0.05) is 28.4 Å². The predicted molar refractivity (Wildman–Crippen MR) is 124 cm³/mol. The number of carbonyl (C=O) groups is 1. The zero-order chi connectivity index (χ0) is 23.6. The Morgan fingerprint density at radius 2 is 1.76 bits per heavy atom. The van der Waals surface area contributed by atoms with Gasteiger partial charge in [0.2, 0.25) is 27.6 Å². The van der Waals surface area contributed by atoms with Gasteiger partial charge in [-0.2, -0.15) is 9.29 Å². The Morgan fingerprint density at radius 1 is 1.12 bits per heavy atom. The van der Waals surface area contributed by atoms with Crippen molar-refractivity contribution in [3.8, 4) is 11.4 Å². The Balaban J connectivity index is 1.41. The molecule has 1 fully saturated rings.